The first-order chi connectivity index (χ1) is 19.7. The van der Waals surface area contributed by atoms with Crippen molar-refractivity contribution in [3.05, 3.63) is 6.33 Å². The molecule has 0 aromatic carbocycles. The maximum absolute atomic E-state index is 12.5. The second kappa shape index (κ2) is 12.9. The zero-order valence-electron chi connectivity index (χ0n) is 28.4. The summed E-state index contributed by atoms with van der Waals surface area (Å²) >= 11 is 0. The highest BCUT2D eigenvalue weighted by atomic mass is 28.4. The van der Waals surface area contributed by atoms with E-state index in [1.807, 2.05) is 4.57 Å². The van der Waals surface area contributed by atoms with Gasteiger partial charge in [-0.3, -0.25) is 14.7 Å². The number of aromatic nitrogens is 4. The number of nitrogens with zero attached hydrogens (tertiary/aromatic N) is 5. The van der Waals surface area contributed by atoms with Gasteiger partial charge in [0.1, 0.15) is 18.4 Å². The number of carbonyl (C=O) groups is 1. The van der Waals surface area contributed by atoms with Gasteiger partial charge in [0.25, 0.3) is 0 Å². The molecule has 13 heteroatoms. The van der Waals surface area contributed by atoms with Crippen LogP contribution in [0.4, 0.5) is 5.95 Å². The van der Waals surface area contributed by atoms with E-state index >= 15 is 0 Å². The molecule has 3 rings (SSSR count). The zero-order valence-corrected chi connectivity index (χ0v) is 30.4. The van der Waals surface area contributed by atoms with Gasteiger partial charge in [-0.25, -0.2) is 4.98 Å². The Hall–Kier alpha value is -2.38. The number of amides is 1. The average Bonchev–Trinajstić information content (AvgIpc) is 3.45. The zero-order chi connectivity index (χ0) is 32.5. The number of anilines is 1. The van der Waals surface area contributed by atoms with E-state index in [0.29, 0.717) is 24.2 Å². The summed E-state index contributed by atoms with van der Waals surface area (Å²) in [6, 6.07) is 2.11. The minimum atomic E-state index is -2.13. The number of hydrogen-bond donors (Lipinski definition) is 1. The van der Waals surface area contributed by atoms with E-state index in [1.54, 1.807) is 27.1 Å². The lowest BCUT2D eigenvalue weighted by molar-refractivity contribution is -0.118. The topological polar surface area (TPSA) is 133 Å². The molecule has 1 amide bonds. The third-order valence-electron chi connectivity index (χ3n) is 9.00. The lowest BCUT2D eigenvalue weighted by Gasteiger charge is -2.40. The SMILES string of the molecule is CC(C)C(=O)Nc1nc(O[C@H](C)CC#N)c2ncn([C@H]3C[C@H](O[Si](C)(C)C(C)(C)C)[C@@H](CO[Si](C)(C)C(C)(C)C)O3)c2n1. The molecule has 1 aliphatic rings. The second-order valence-electron chi connectivity index (χ2n) is 15.0. The number of hydrogen-bond acceptors (Lipinski definition) is 9. The van der Waals surface area contributed by atoms with Crippen LogP contribution in [-0.2, 0) is 18.4 Å². The van der Waals surface area contributed by atoms with Gasteiger partial charge >= 0.3 is 0 Å². The molecule has 0 spiro atoms. The summed E-state index contributed by atoms with van der Waals surface area (Å²) in [4.78, 5) is 26.3. The Bertz CT molecular complexity index is 1330. The Morgan fingerprint density at radius 3 is 2.30 bits per heavy atom. The quantitative estimate of drug-likeness (QED) is 0.265. The molecular formula is C30H52N6O5Si2. The van der Waals surface area contributed by atoms with Crippen molar-refractivity contribution in [3.63, 3.8) is 0 Å². The fraction of sp³-hybridized carbons (Fsp3) is 0.767. The van der Waals surface area contributed by atoms with Crippen LogP contribution in [0.3, 0.4) is 0 Å². The van der Waals surface area contributed by atoms with Gasteiger partial charge in [0, 0.05) is 12.3 Å². The highest BCUT2D eigenvalue weighted by molar-refractivity contribution is 6.74. The van der Waals surface area contributed by atoms with Crippen LogP contribution in [0.1, 0.15) is 81.4 Å². The standard InChI is InChI=1S/C30H52N6O5Si2/c1-19(2)26(37)34-28-33-25-24(27(35-28)39-20(3)14-15-31)32-18-36(25)23-16-21(41-43(12,13)30(7,8)9)22(40-23)17-38-42(10,11)29(4,5)6/h18-23H,14,16-17H2,1-13H3,(H,33,34,35,37)/t20-,21+,22-,23-/m1/s1. The van der Waals surface area contributed by atoms with Crippen molar-refractivity contribution >= 4 is 39.7 Å². The summed E-state index contributed by atoms with van der Waals surface area (Å²) in [6.07, 6.45) is 1.11. The van der Waals surface area contributed by atoms with E-state index in [2.05, 4.69) is 94.1 Å². The largest absolute Gasteiger partial charge is 0.472 e. The molecule has 11 nitrogen and oxygen atoms in total. The van der Waals surface area contributed by atoms with E-state index in [9.17, 15) is 4.79 Å². The highest BCUT2D eigenvalue weighted by Crippen LogP contribution is 2.43. The summed E-state index contributed by atoms with van der Waals surface area (Å²) < 4.78 is 28.1. The van der Waals surface area contributed by atoms with Crippen LogP contribution in [0.5, 0.6) is 5.88 Å². The van der Waals surface area contributed by atoms with Crippen molar-refractivity contribution in [2.24, 2.45) is 5.92 Å². The first-order valence-electron chi connectivity index (χ1n) is 15.2. The Morgan fingerprint density at radius 1 is 1.12 bits per heavy atom. The molecule has 1 saturated heterocycles. The van der Waals surface area contributed by atoms with Crippen LogP contribution in [0, 0.1) is 17.2 Å². The molecule has 0 radical (unpaired) electrons. The number of fused-ring (bicyclic) bond motifs is 1. The molecular weight excluding hydrogens is 581 g/mol. The Morgan fingerprint density at radius 2 is 1.74 bits per heavy atom. The van der Waals surface area contributed by atoms with E-state index in [-0.39, 0.29) is 52.4 Å². The van der Waals surface area contributed by atoms with Crippen molar-refractivity contribution in [1.82, 2.24) is 19.5 Å². The molecule has 0 saturated carbocycles. The molecule has 1 fully saturated rings. The molecule has 0 aliphatic carbocycles. The highest BCUT2D eigenvalue weighted by Gasteiger charge is 2.47. The van der Waals surface area contributed by atoms with Crippen molar-refractivity contribution in [3.8, 4) is 11.9 Å². The van der Waals surface area contributed by atoms with E-state index in [0.717, 1.165) is 0 Å². The van der Waals surface area contributed by atoms with Gasteiger partial charge in [0.2, 0.25) is 17.7 Å². The van der Waals surface area contributed by atoms with Gasteiger partial charge in [0.05, 0.1) is 31.5 Å². The number of carbonyl (C=O) groups excluding carboxylic acids is 1. The molecule has 240 valence electrons. The summed E-state index contributed by atoms with van der Waals surface area (Å²) in [7, 11) is -4.17. The Kier molecular flexibility index (Phi) is 10.6. The number of rotatable bonds is 11. The number of nitrogens with one attached hydrogen (secondary N) is 1. The van der Waals surface area contributed by atoms with Gasteiger partial charge in [-0.1, -0.05) is 55.4 Å². The normalized spacial score (nSPS) is 20.8. The number of imidazole rings is 1. The third kappa shape index (κ3) is 8.22. The molecule has 0 bridgehead atoms. The molecule has 2 aromatic heterocycles. The predicted octanol–water partition coefficient (Wildman–Crippen LogP) is 6.80. The minimum absolute atomic E-state index is 0.0285. The predicted molar refractivity (Wildman–Crippen MR) is 173 cm³/mol. The van der Waals surface area contributed by atoms with Crippen molar-refractivity contribution in [2.45, 2.75) is 136 Å². The molecule has 43 heavy (non-hydrogen) atoms. The van der Waals surface area contributed by atoms with Gasteiger partial charge in [-0.05, 0) is 43.2 Å². The van der Waals surface area contributed by atoms with E-state index in [1.165, 1.54) is 0 Å². The fourth-order valence-corrected chi connectivity index (χ4v) is 6.43. The molecule has 1 N–H and O–H groups in total. The van der Waals surface area contributed by atoms with Crippen LogP contribution < -0.4 is 10.1 Å². The molecule has 0 unspecified atom stereocenters. The Balaban J connectivity index is 2.02. The van der Waals surface area contributed by atoms with Gasteiger partial charge in [0.15, 0.2) is 27.8 Å². The van der Waals surface area contributed by atoms with Gasteiger partial charge < -0.3 is 18.3 Å². The lowest BCUT2D eigenvalue weighted by atomic mass is 10.2. The number of nitriles is 1. The maximum atomic E-state index is 12.5. The minimum Gasteiger partial charge on any atom is -0.472 e. The van der Waals surface area contributed by atoms with Crippen molar-refractivity contribution in [2.75, 3.05) is 11.9 Å². The summed E-state index contributed by atoms with van der Waals surface area (Å²) in [5.74, 6) is -0.171. The summed E-state index contributed by atoms with van der Waals surface area (Å²) in [6.45, 7) is 28.2. The van der Waals surface area contributed by atoms with Gasteiger partial charge in [-0.15, -0.1) is 0 Å². The first kappa shape index (κ1) is 35.1. The Labute approximate surface area is 259 Å². The molecule has 3 heterocycles. The third-order valence-corrected chi connectivity index (χ3v) is 18.0. The van der Waals surface area contributed by atoms with Crippen LogP contribution >= 0.6 is 0 Å². The summed E-state index contributed by atoms with van der Waals surface area (Å²) in [5.41, 5.74) is 0.897. The van der Waals surface area contributed by atoms with Gasteiger partial charge in [-0.2, -0.15) is 15.2 Å². The van der Waals surface area contributed by atoms with Crippen LogP contribution in [0.25, 0.3) is 11.2 Å². The number of ether oxygens (including phenoxy) is 2. The van der Waals surface area contributed by atoms with Crippen LogP contribution in [0.2, 0.25) is 36.3 Å². The van der Waals surface area contributed by atoms with Crippen LogP contribution in [0.15, 0.2) is 6.33 Å². The molecule has 1 aliphatic heterocycles. The van der Waals surface area contributed by atoms with E-state index in [4.69, 9.17) is 23.6 Å². The monoisotopic (exact) mass is 632 g/mol. The smallest absolute Gasteiger partial charge is 0.247 e. The first-order valence-corrected chi connectivity index (χ1v) is 21.0. The lowest BCUT2D eigenvalue weighted by Crippen LogP contribution is -2.48. The molecule has 2 aromatic rings. The second-order valence-corrected chi connectivity index (χ2v) is 24.5. The van der Waals surface area contributed by atoms with Crippen molar-refractivity contribution in [1.29, 1.82) is 5.26 Å². The summed E-state index contributed by atoms with van der Waals surface area (Å²) in [5, 5.41) is 12.0. The fourth-order valence-electron chi connectivity index (χ4n) is 4.06. The average molecular weight is 633 g/mol. The van der Waals surface area contributed by atoms with E-state index < -0.39 is 29.0 Å². The molecule has 4 atom stereocenters. The van der Waals surface area contributed by atoms with Crippen LogP contribution in [-0.4, -0.2) is 67.0 Å². The maximum Gasteiger partial charge on any atom is 0.247 e. The van der Waals surface area contributed by atoms with Crippen molar-refractivity contribution < 1.29 is 23.1 Å².